The van der Waals surface area contributed by atoms with Crippen LogP contribution in [0.25, 0.3) is 16.5 Å². The Hall–Kier alpha value is -4.12. The highest BCUT2D eigenvalue weighted by Crippen LogP contribution is 2.38. The van der Waals surface area contributed by atoms with E-state index in [-0.39, 0.29) is 16.4 Å². The number of anilines is 3. The van der Waals surface area contributed by atoms with Crippen LogP contribution in [0.3, 0.4) is 0 Å². The molecule has 1 heterocycles. The number of nitriles is 2. The Bertz CT molecular complexity index is 1440. The van der Waals surface area contributed by atoms with Crippen LogP contribution in [0, 0.1) is 22.7 Å². The first-order valence-corrected chi connectivity index (χ1v) is 13.5. The van der Waals surface area contributed by atoms with Crippen molar-refractivity contribution in [2.45, 2.75) is 52.4 Å². The van der Waals surface area contributed by atoms with E-state index in [4.69, 9.17) is 10.5 Å². The summed E-state index contributed by atoms with van der Waals surface area (Å²) < 4.78 is 0. The average molecular weight is 516 g/mol. The third kappa shape index (κ3) is 6.05. The maximum atomic E-state index is 9.05. The Kier molecular flexibility index (Phi) is 7.58. The summed E-state index contributed by atoms with van der Waals surface area (Å²) in [6.45, 7) is 13.4. The molecule has 1 aromatic heterocycles. The van der Waals surface area contributed by atoms with Crippen LogP contribution in [-0.4, -0.2) is 0 Å². The number of thiophene rings is 1. The summed E-state index contributed by atoms with van der Waals surface area (Å²) in [4.78, 5) is 4.27. The molecule has 0 saturated heterocycles. The van der Waals surface area contributed by atoms with E-state index in [1.807, 2.05) is 24.3 Å². The van der Waals surface area contributed by atoms with Crippen molar-refractivity contribution in [2.24, 2.45) is 0 Å². The molecule has 190 valence electrons. The Morgan fingerprint density at radius 3 is 1.45 bits per heavy atom. The molecular weight excluding hydrogens is 482 g/mol. The monoisotopic (exact) mass is 515 g/mol. The normalized spacial score (nSPS) is 11.4. The number of hydrogen-bond donors (Lipinski definition) is 0. The summed E-state index contributed by atoms with van der Waals surface area (Å²) in [6, 6.07) is 34.1. The van der Waals surface area contributed by atoms with Gasteiger partial charge in [-0.3, -0.25) is 0 Å². The maximum absolute atomic E-state index is 9.05. The van der Waals surface area contributed by atoms with Gasteiger partial charge in [0.1, 0.15) is 17.7 Å². The standard InChI is InChI=1S/C34H33N3S/c1-33(2,3)26-9-15-29(16-10-26)37(30-17-11-27(12-18-30)34(4,5)6)28-13-7-25(8-14-28)32-20-19-31(38-32)21-24(22-35)23-36/h7-21H,1-6H3. The van der Waals surface area contributed by atoms with E-state index < -0.39 is 0 Å². The van der Waals surface area contributed by atoms with Crippen LogP contribution in [0.2, 0.25) is 0 Å². The van der Waals surface area contributed by atoms with Crippen LogP contribution in [-0.2, 0) is 10.8 Å². The second-order valence-corrected chi connectivity index (χ2v) is 12.6. The quantitative estimate of drug-likeness (QED) is 0.248. The van der Waals surface area contributed by atoms with Gasteiger partial charge >= 0.3 is 0 Å². The molecule has 0 spiro atoms. The zero-order valence-electron chi connectivity index (χ0n) is 22.9. The molecule has 0 bridgehead atoms. The zero-order chi connectivity index (χ0) is 27.5. The van der Waals surface area contributed by atoms with E-state index in [1.54, 1.807) is 17.4 Å². The Morgan fingerprint density at radius 2 is 1.05 bits per heavy atom. The molecule has 0 amide bonds. The van der Waals surface area contributed by atoms with Gasteiger partial charge in [-0.15, -0.1) is 11.3 Å². The first-order valence-electron chi connectivity index (χ1n) is 12.7. The van der Waals surface area contributed by atoms with Crippen LogP contribution >= 0.6 is 11.3 Å². The Labute approximate surface area is 230 Å². The van der Waals surface area contributed by atoms with Crippen molar-refractivity contribution >= 4 is 34.5 Å². The summed E-state index contributed by atoms with van der Waals surface area (Å²) in [5.74, 6) is 0. The van der Waals surface area contributed by atoms with Gasteiger partial charge in [-0.2, -0.15) is 10.5 Å². The molecule has 38 heavy (non-hydrogen) atoms. The molecule has 3 nitrogen and oxygen atoms in total. The van der Waals surface area contributed by atoms with Crippen molar-refractivity contribution in [1.82, 2.24) is 0 Å². The lowest BCUT2D eigenvalue weighted by Gasteiger charge is -2.28. The predicted octanol–water partition coefficient (Wildman–Crippen LogP) is 9.91. The summed E-state index contributed by atoms with van der Waals surface area (Å²) in [5, 5.41) is 18.1. The molecule has 0 atom stereocenters. The predicted molar refractivity (Wildman–Crippen MR) is 161 cm³/mol. The van der Waals surface area contributed by atoms with Crippen LogP contribution in [0.1, 0.15) is 57.5 Å². The van der Waals surface area contributed by atoms with Crippen molar-refractivity contribution in [2.75, 3.05) is 4.90 Å². The third-order valence-electron chi connectivity index (χ3n) is 6.55. The number of benzene rings is 3. The van der Waals surface area contributed by atoms with Gasteiger partial charge in [-0.05, 0) is 82.1 Å². The highest BCUT2D eigenvalue weighted by Gasteiger charge is 2.18. The Balaban J connectivity index is 1.72. The lowest BCUT2D eigenvalue weighted by Crippen LogP contribution is -2.14. The highest BCUT2D eigenvalue weighted by molar-refractivity contribution is 7.16. The van der Waals surface area contributed by atoms with Gasteiger partial charge in [0.2, 0.25) is 0 Å². The van der Waals surface area contributed by atoms with E-state index in [0.717, 1.165) is 32.4 Å². The van der Waals surface area contributed by atoms with Crippen LogP contribution in [0.4, 0.5) is 17.1 Å². The van der Waals surface area contributed by atoms with Crippen LogP contribution in [0.15, 0.2) is 90.5 Å². The van der Waals surface area contributed by atoms with E-state index in [0.29, 0.717) is 0 Å². The van der Waals surface area contributed by atoms with Gasteiger partial charge in [0, 0.05) is 26.8 Å². The summed E-state index contributed by atoms with van der Waals surface area (Å²) in [7, 11) is 0. The number of allylic oxidation sites excluding steroid dienone is 1. The SMILES string of the molecule is CC(C)(C)c1ccc(N(c2ccc(-c3ccc(C=C(C#N)C#N)s3)cc2)c2ccc(C(C)(C)C)cc2)cc1. The highest BCUT2D eigenvalue weighted by atomic mass is 32.1. The lowest BCUT2D eigenvalue weighted by molar-refractivity contribution is 0.590. The van der Waals surface area contributed by atoms with Crippen molar-refractivity contribution in [3.8, 4) is 22.6 Å². The van der Waals surface area contributed by atoms with Crippen LogP contribution < -0.4 is 4.90 Å². The smallest absolute Gasteiger partial charge is 0.131 e. The molecule has 4 aromatic rings. The fourth-order valence-corrected chi connectivity index (χ4v) is 5.22. The molecule has 0 radical (unpaired) electrons. The number of nitrogens with zero attached hydrogens (tertiary/aromatic N) is 3. The lowest BCUT2D eigenvalue weighted by atomic mass is 9.86. The summed E-state index contributed by atoms with van der Waals surface area (Å²) in [6.07, 6.45) is 1.63. The van der Waals surface area contributed by atoms with Gasteiger partial charge in [-0.1, -0.05) is 77.9 Å². The van der Waals surface area contributed by atoms with Gasteiger partial charge in [-0.25, -0.2) is 0 Å². The Morgan fingerprint density at radius 1 is 0.632 bits per heavy atom. The van der Waals surface area contributed by atoms with E-state index >= 15 is 0 Å². The zero-order valence-corrected chi connectivity index (χ0v) is 23.7. The third-order valence-corrected chi connectivity index (χ3v) is 7.63. The molecule has 0 fully saturated rings. The average Bonchev–Trinajstić information content (AvgIpc) is 3.36. The summed E-state index contributed by atoms with van der Waals surface area (Å²) >= 11 is 1.57. The second-order valence-electron chi connectivity index (χ2n) is 11.5. The van der Waals surface area contributed by atoms with Crippen LogP contribution in [0.5, 0.6) is 0 Å². The minimum absolute atomic E-state index is 0.0926. The van der Waals surface area contributed by atoms with Crippen molar-refractivity contribution in [3.05, 3.63) is 107 Å². The second kappa shape index (κ2) is 10.7. The number of hydrogen-bond acceptors (Lipinski definition) is 4. The fourth-order valence-electron chi connectivity index (χ4n) is 4.26. The topological polar surface area (TPSA) is 50.8 Å². The molecule has 0 aliphatic carbocycles. The fraction of sp³-hybridized carbons (Fsp3) is 0.235. The van der Waals surface area contributed by atoms with Crippen molar-refractivity contribution in [3.63, 3.8) is 0 Å². The minimum Gasteiger partial charge on any atom is -0.311 e. The molecule has 0 aliphatic heterocycles. The van der Waals surface area contributed by atoms with Crippen molar-refractivity contribution in [1.29, 1.82) is 10.5 Å². The minimum atomic E-state index is 0.0926. The van der Waals surface area contributed by atoms with E-state index in [1.165, 1.54) is 11.1 Å². The molecule has 4 heteroatoms. The maximum Gasteiger partial charge on any atom is 0.131 e. The first kappa shape index (κ1) is 26.9. The van der Waals surface area contributed by atoms with Crippen molar-refractivity contribution < 1.29 is 0 Å². The molecule has 0 saturated carbocycles. The van der Waals surface area contributed by atoms with Gasteiger partial charge in [0.25, 0.3) is 0 Å². The van der Waals surface area contributed by atoms with Gasteiger partial charge < -0.3 is 4.90 Å². The molecule has 4 rings (SSSR count). The first-order chi connectivity index (χ1) is 18.0. The molecule has 0 unspecified atom stereocenters. The van der Waals surface area contributed by atoms with E-state index in [9.17, 15) is 0 Å². The molecule has 0 N–H and O–H groups in total. The van der Waals surface area contributed by atoms with Gasteiger partial charge in [0.05, 0.1) is 0 Å². The molecule has 3 aromatic carbocycles. The number of rotatable bonds is 5. The summed E-state index contributed by atoms with van der Waals surface area (Å²) in [5.41, 5.74) is 7.30. The largest absolute Gasteiger partial charge is 0.311 e. The molecule has 0 aliphatic rings. The molecular formula is C34H33N3S. The van der Waals surface area contributed by atoms with E-state index in [2.05, 4.69) is 119 Å². The van der Waals surface area contributed by atoms with Gasteiger partial charge in [0.15, 0.2) is 0 Å².